The van der Waals surface area contributed by atoms with Gasteiger partial charge in [-0.3, -0.25) is 4.79 Å². The average Bonchev–Trinajstić information content (AvgIpc) is 2.80. The topological polar surface area (TPSA) is 69.6 Å². The van der Waals surface area contributed by atoms with Gasteiger partial charge in [-0.05, 0) is 45.3 Å². The van der Waals surface area contributed by atoms with Crippen LogP contribution in [-0.4, -0.2) is 49.1 Å². The quantitative estimate of drug-likeness (QED) is 0.588. The largest absolute Gasteiger partial charge is 0.478 e. The lowest BCUT2D eigenvalue weighted by Gasteiger charge is -2.09. The third kappa shape index (κ3) is 6.17. The van der Waals surface area contributed by atoms with Crippen LogP contribution in [0, 0.1) is 0 Å². The minimum atomic E-state index is -0.997. The number of nitrogens with one attached hydrogen (secondary N) is 1. The minimum Gasteiger partial charge on any atom is -0.478 e. The van der Waals surface area contributed by atoms with Crippen molar-refractivity contribution in [2.24, 2.45) is 0 Å². The Bertz CT molecular complexity index is 466. The molecular formula is C13H18N2O3S. The van der Waals surface area contributed by atoms with E-state index in [1.54, 1.807) is 12.1 Å². The van der Waals surface area contributed by atoms with Gasteiger partial charge in [0.15, 0.2) is 0 Å². The molecule has 0 aliphatic heterocycles. The van der Waals surface area contributed by atoms with E-state index >= 15 is 0 Å². The van der Waals surface area contributed by atoms with Crippen molar-refractivity contribution in [1.29, 1.82) is 0 Å². The predicted octanol–water partition coefficient (Wildman–Crippen LogP) is 1.53. The van der Waals surface area contributed by atoms with Crippen molar-refractivity contribution in [3.8, 4) is 0 Å². The fourth-order valence-electron chi connectivity index (χ4n) is 1.40. The van der Waals surface area contributed by atoms with E-state index in [9.17, 15) is 9.59 Å². The minimum absolute atomic E-state index is 0.112. The van der Waals surface area contributed by atoms with E-state index < -0.39 is 5.97 Å². The Morgan fingerprint density at radius 3 is 2.79 bits per heavy atom. The van der Waals surface area contributed by atoms with Gasteiger partial charge in [0.25, 0.3) is 5.91 Å². The smallest absolute Gasteiger partial charge is 0.328 e. The number of nitrogens with zero attached hydrogens (tertiary/aromatic N) is 1. The van der Waals surface area contributed by atoms with Crippen molar-refractivity contribution in [2.45, 2.75) is 6.42 Å². The first-order valence-corrected chi connectivity index (χ1v) is 6.74. The lowest BCUT2D eigenvalue weighted by molar-refractivity contribution is -0.131. The first-order valence-electron chi connectivity index (χ1n) is 5.93. The number of hydrogen-bond acceptors (Lipinski definition) is 4. The highest BCUT2D eigenvalue weighted by Gasteiger charge is 2.07. The molecule has 0 spiro atoms. The fourth-order valence-corrected chi connectivity index (χ4v) is 2.23. The maximum atomic E-state index is 11.8. The summed E-state index contributed by atoms with van der Waals surface area (Å²) >= 11 is 1.27. The molecular weight excluding hydrogens is 264 g/mol. The fraction of sp³-hybridized carbons (Fsp3) is 0.385. The second kappa shape index (κ2) is 7.70. The molecule has 0 aliphatic rings. The van der Waals surface area contributed by atoms with Crippen LogP contribution in [0.1, 0.15) is 21.0 Å². The standard InChI is InChI=1S/C13H18N2O3S/c1-15(2)9-3-8-14-13(18)11-6-4-10(19-11)5-7-12(16)17/h4-7H,3,8-9H2,1-2H3,(H,14,18)(H,16,17)/b7-5+. The molecule has 6 heteroatoms. The molecule has 0 aliphatic carbocycles. The summed E-state index contributed by atoms with van der Waals surface area (Å²) in [5.41, 5.74) is 0. The summed E-state index contributed by atoms with van der Waals surface area (Å²) in [7, 11) is 3.98. The molecule has 0 unspecified atom stereocenters. The average molecular weight is 282 g/mol. The lowest BCUT2D eigenvalue weighted by atomic mass is 10.3. The molecule has 1 aromatic rings. The van der Waals surface area contributed by atoms with Gasteiger partial charge in [-0.1, -0.05) is 0 Å². The number of aliphatic carboxylic acids is 1. The van der Waals surface area contributed by atoms with E-state index in [0.717, 1.165) is 23.9 Å². The highest BCUT2D eigenvalue weighted by atomic mass is 32.1. The molecule has 19 heavy (non-hydrogen) atoms. The number of thiophene rings is 1. The number of carboxylic acid groups (broad SMARTS) is 1. The van der Waals surface area contributed by atoms with Gasteiger partial charge >= 0.3 is 5.97 Å². The van der Waals surface area contributed by atoms with Crippen molar-refractivity contribution in [3.63, 3.8) is 0 Å². The monoisotopic (exact) mass is 282 g/mol. The molecule has 1 rings (SSSR count). The van der Waals surface area contributed by atoms with Gasteiger partial charge in [-0.25, -0.2) is 4.79 Å². The van der Waals surface area contributed by atoms with E-state index in [1.807, 2.05) is 14.1 Å². The van der Waals surface area contributed by atoms with Crippen molar-refractivity contribution in [3.05, 3.63) is 28.0 Å². The van der Waals surface area contributed by atoms with Crippen molar-refractivity contribution >= 4 is 29.3 Å². The summed E-state index contributed by atoms with van der Waals surface area (Å²) in [6.07, 6.45) is 3.44. The van der Waals surface area contributed by atoms with Gasteiger partial charge < -0.3 is 15.3 Å². The van der Waals surface area contributed by atoms with E-state index in [4.69, 9.17) is 5.11 Å². The van der Waals surface area contributed by atoms with Crippen molar-refractivity contribution in [2.75, 3.05) is 27.2 Å². The van der Waals surface area contributed by atoms with Crippen molar-refractivity contribution < 1.29 is 14.7 Å². The Morgan fingerprint density at radius 1 is 1.42 bits per heavy atom. The van der Waals surface area contributed by atoms with E-state index in [2.05, 4.69) is 10.2 Å². The van der Waals surface area contributed by atoms with Gasteiger partial charge in [0.1, 0.15) is 0 Å². The lowest BCUT2D eigenvalue weighted by Crippen LogP contribution is -2.26. The maximum absolute atomic E-state index is 11.8. The molecule has 1 amide bonds. The molecule has 2 N–H and O–H groups in total. The van der Waals surface area contributed by atoms with Crippen LogP contribution in [-0.2, 0) is 4.79 Å². The van der Waals surface area contributed by atoms with Gasteiger partial charge in [0, 0.05) is 17.5 Å². The molecule has 0 fully saturated rings. The van der Waals surface area contributed by atoms with Gasteiger partial charge in [0.05, 0.1) is 4.88 Å². The zero-order chi connectivity index (χ0) is 14.3. The van der Waals surface area contributed by atoms with Crippen LogP contribution in [0.25, 0.3) is 6.08 Å². The Labute approximate surface area is 116 Å². The Morgan fingerprint density at radius 2 is 2.16 bits per heavy atom. The Kier molecular flexibility index (Phi) is 6.24. The number of carbonyl (C=O) groups excluding carboxylic acids is 1. The van der Waals surface area contributed by atoms with Crippen LogP contribution in [0.2, 0.25) is 0 Å². The van der Waals surface area contributed by atoms with E-state index in [1.165, 1.54) is 17.4 Å². The van der Waals surface area contributed by atoms with Crippen LogP contribution in [0.15, 0.2) is 18.2 Å². The molecule has 5 nitrogen and oxygen atoms in total. The molecule has 1 aromatic heterocycles. The third-order valence-corrected chi connectivity index (χ3v) is 3.36. The van der Waals surface area contributed by atoms with E-state index in [-0.39, 0.29) is 5.91 Å². The molecule has 104 valence electrons. The summed E-state index contributed by atoms with van der Waals surface area (Å²) in [6, 6.07) is 3.44. The maximum Gasteiger partial charge on any atom is 0.328 e. The van der Waals surface area contributed by atoms with Gasteiger partial charge in [-0.15, -0.1) is 11.3 Å². The number of carboxylic acids is 1. The van der Waals surface area contributed by atoms with Crippen molar-refractivity contribution in [1.82, 2.24) is 10.2 Å². The van der Waals surface area contributed by atoms with Gasteiger partial charge in [-0.2, -0.15) is 0 Å². The first kappa shape index (κ1) is 15.4. The first-order chi connectivity index (χ1) is 8.99. The number of rotatable bonds is 7. The number of hydrogen-bond donors (Lipinski definition) is 2. The Balaban J connectivity index is 2.43. The SMILES string of the molecule is CN(C)CCCNC(=O)c1ccc(/C=C/C(=O)O)s1. The zero-order valence-electron chi connectivity index (χ0n) is 11.0. The Hall–Kier alpha value is -1.66. The highest BCUT2D eigenvalue weighted by Crippen LogP contribution is 2.17. The molecule has 0 saturated heterocycles. The molecule has 0 atom stereocenters. The second-order valence-electron chi connectivity index (χ2n) is 4.29. The van der Waals surface area contributed by atoms with Crippen LogP contribution >= 0.6 is 11.3 Å². The highest BCUT2D eigenvalue weighted by molar-refractivity contribution is 7.14. The molecule has 0 radical (unpaired) electrons. The predicted molar refractivity (Wildman–Crippen MR) is 76.5 cm³/mol. The molecule has 0 aromatic carbocycles. The number of amides is 1. The molecule has 0 bridgehead atoms. The van der Waals surface area contributed by atoms with Crippen LogP contribution < -0.4 is 5.32 Å². The van der Waals surface area contributed by atoms with Crippen LogP contribution in [0.5, 0.6) is 0 Å². The summed E-state index contributed by atoms with van der Waals surface area (Å²) in [5, 5.41) is 11.4. The second-order valence-corrected chi connectivity index (χ2v) is 5.40. The molecule has 0 saturated carbocycles. The molecule has 1 heterocycles. The summed E-state index contributed by atoms with van der Waals surface area (Å²) in [4.78, 5) is 25.6. The summed E-state index contributed by atoms with van der Waals surface area (Å²) in [6.45, 7) is 1.56. The summed E-state index contributed by atoms with van der Waals surface area (Å²) in [5.74, 6) is -1.11. The van der Waals surface area contributed by atoms with E-state index in [0.29, 0.717) is 11.4 Å². The normalized spacial score (nSPS) is 11.1. The van der Waals surface area contributed by atoms with Gasteiger partial charge in [0.2, 0.25) is 0 Å². The number of carbonyl (C=O) groups is 2. The van der Waals surface area contributed by atoms with Crippen LogP contribution in [0.4, 0.5) is 0 Å². The zero-order valence-corrected chi connectivity index (χ0v) is 11.9. The van der Waals surface area contributed by atoms with Crippen LogP contribution in [0.3, 0.4) is 0 Å². The third-order valence-electron chi connectivity index (χ3n) is 2.31. The summed E-state index contributed by atoms with van der Waals surface area (Å²) < 4.78 is 0.